The van der Waals surface area contributed by atoms with Crippen LogP contribution in [0.25, 0.3) is 0 Å². The maximum atomic E-state index is 13.5. The number of allylic oxidation sites excluding steroid dienone is 1. The lowest BCUT2D eigenvalue weighted by atomic mass is 9.30. The lowest BCUT2D eigenvalue weighted by Crippen LogP contribution is -2.77. The van der Waals surface area contributed by atoms with E-state index >= 15 is 0 Å². The van der Waals surface area contributed by atoms with Crippen molar-refractivity contribution in [3.05, 3.63) is 11.6 Å². The van der Waals surface area contributed by atoms with E-state index in [2.05, 4.69) is 20.8 Å². The van der Waals surface area contributed by atoms with Crippen LogP contribution in [0.15, 0.2) is 11.6 Å². The molecule has 5 aliphatic carbocycles. The first-order valence-corrected chi connectivity index (χ1v) is 31.3. The molecule has 89 heavy (non-hydrogen) atoms. The summed E-state index contributed by atoms with van der Waals surface area (Å²) in [5.41, 5.74) is -5.88. The van der Waals surface area contributed by atoms with E-state index in [4.69, 9.17) is 52.1 Å². The number of aliphatic carboxylic acids is 1. The molecular formula is C61H96O28. The van der Waals surface area contributed by atoms with Crippen LogP contribution >= 0.6 is 0 Å². The lowest BCUT2D eigenvalue weighted by Gasteiger charge is -2.75. The zero-order chi connectivity index (χ0) is 65.5. The van der Waals surface area contributed by atoms with Crippen molar-refractivity contribution >= 4 is 17.9 Å². The Hall–Kier alpha value is -2.73. The number of carboxylic acids is 1. The highest BCUT2D eigenvalue weighted by atomic mass is 16.8. The number of hydrogen-bond acceptors (Lipinski definition) is 27. The molecule has 2 bridgehead atoms. The molecule has 0 aromatic heterocycles. The van der Waals surface area contributed by atoms with Gasteiger partial charge in [0.05, 0.1) is 42.5 Å². The number of carbonyl (C=O) groups is 3. The number of hydrogen-bond donors (Lipinski definition) is 14. The average molecular weight is 1280 g/mol. The van der Waals surface area contributed by atoms with Crippen molar-refractivity contribution in [1.82, 2.24) is 0 Å². The highest BCUT2D eigenvalue weighted by Crippen LogP contribution is 2.82. The monoisotopic (exact) mass is 1280 g/mol. The zero-order valence-corrected chi connectivity index (χ0v) is 52.3. The highest BCUT2D eigenvalue weighted by molar-refractivity contribution is 5.87. The van der Waals surface area contributed by atoms with Gasteiger partial charge in [-0.25, -0.2) is 9.59 Å². The third-order valence-corrected chi connectivity index (χ3v) is 24.0. The first-order chi connectivity index (χ1) is 41.5. The number of esters is 2. The molecule has 5 saturated heterocycles. The van der Waals surface area contributed by atoms with Gasteiger partial charge in [0.25, 0.3) is 0 Å². The Morgan fingerprint density at radius 3 is 1.73 bits per heavy atom. The van der Waals surface area contributed by atoms with Crippen molar-refractivity contribution in [2.45, 2.75) is 287 Å². The topological polar surface area (TPSA) is 436 Å². The Bertz CT molecular complexity index is 2620. The van der Waals surface area contributed by atoms with E-state index in [0.717, 1.165) is 0 Å². The largest absolute Gasteiger partial charge is 0.479 e. The van der Waals surface area contributed by atoms with Crippen molar-refractivity contribution in [3.8, 4) is 0 Å². The normalized spacial score (nSPS) is 53.5. The number of ether oxygens (including phenoxy) is 11. The quantitative estimate of drug-likeness (QED) is 0.0514. The van der Waals surface area contributed by atoms with E-state index in [9.17, 15) is 85.9 Å². The van der Waals surface area contributed by atoms with Crippen molar-refractivity contribution in [3.63, 3.8) is 0 Å². The third kappa shape index (κ3) is 10.6. The Kier molecular flexibility index (Phi) is 19.0. The van der Waals surface area contributed by atoms with Gasteiger partial charge in [-0.1, -0.05) is 54.5 Å². The molecule has 14 N–H and O–H groups in total. The first-order valence-electron chi connectivity index (χ1n) is 31.3. The molecule has 5 saturated carbocycles. The number of aliphatic hydroxyl groups excluding tert-OH is 13. The molecule has 0 radical (unpaired) electrons. The number of fused-ring (bicyclic) bond motifs is 4. The van der Waals surface area contributed by atoms with E-state index in [1.807, 2.05) is 27.7 Å². The van der Waals surface area contributed by atoms with Gasteiger partial charge >= 0.3 is 17.9 Å². The number of carboxylic acid groups (broad SMARTS) is 1. The summed E-state index contributed by atoms with van der Waals surface area (Å²) in [5.74, 6) is -3.82. The summed E-state index contributed by atoms with van der Waals surface area (Å²) in [7, 11) is 0. The second-order valence-electron chi connectivity index (χ2n) is 29.2. The molecule has 10 rings (SSSR count). The first kappa shape index (κ1) is 69.1. The Morgan fingerprint density at radius 2 is 1.12 bits per heavy atom. The summed E-state index contributed by atoms with van der Waals surface area (Å²) in [6.07, 6.45) is -39.2. The van der Waals surface area contributed by atoms with Gasteiger partial charge < -0.3 is 124 Å². The van der Waals surface area contributed by atoms with Crippen LogP contribution in [0.4, 0.5) is 0 Å². The van der Waals surface area contributed by atoms with Gasteiger partial charge in [0.2, 0.25) is 0 Å². The van der Waals surface area contributed by atoms with Crippen molar-refractivity contribution < 1.29 is 138 Å². The van der Waals surface area contributed by atoms with Crippen molar-refractivity contribution in [2.75, 3.05) is 13.2 Å². The van der Waals surface area contributed by atoms with Crippen LogP contribution in [0, 0.1) is 50.2 Å². The zero-order valence-electron chi connectivity index (χ0n) is 52.3. The van der Waals surface area contributed by atoms with E-state index in [-0.39, 0.29) is 24.7 Å². The second-order valence-corrected chi connectivity index (χ2v) is 29.2. The van der Waals surface area contributed by atoms with E-state index in [1.165, 1.54) is 13.8 Å². The fourth-order valence-corrected chi connectivity index (χ4v) is 19.0. The summed E-state index contributed by atoms with van der Waals surface area (Å²) in [6, 6.07) is 0. The summed E-state index contributed by atoms with van der Waals surface area (Å²) < 4.78 is 68.7. The minimum Gasteiger partial charge on any atom is -0.479 e. The van der Waals surface area contributed by atoms with E-state index in [0.29, 0.717) is 44.1 Å². The van der Waals surface area contributed by atoms with Gasteiger partial charge in [-0.05, 0) is 100 Å². The van der Waals surface area contributed by atoms with Gasteiger partial charge in [-0.15, -0.1) is 0 Å². The summed E-state index contributed by atoms with van der Waals surface area (Å²) in [5, 5.41) is 157. The van der Waals surface area contributed by atoms with E-state index < -0.39 is 229 Å². The molecule has 0 amide bonds. The summed E-state index contributed by atoms with van der Waals surface area (Å²) >= 11 is 0. The van der Waals surface area contributed by atoms with Crippen molar-refractivity contribution in [2.24, 2.45) is 50.2 Å². The smallest absolute Gasteiger partial charge is 0.335 e. The minimum absolute atomic E-state index is 0.0551. The SMILES string of the molecule is C/C=C(/C)C(=O)O[C@H]1[C@H](OC(C)=O)[C@@]23[C@H](O)C[C@]4(C)[C@@](CC[C@@H]5[C@@]6(C)CC[C@H](O[C@@H]7O[C@H](C(=O)O)[C@@H](O)[C@H](O[C@@H]8O[C@H](CO)[C@H](O)[C@H](O)[C@H]8O[C@@H]8O[C@@H](C)[C@H](O)[C@@H](O)[C@H]8O)[C@H]7O[C@@H]7O[C@H](CO)[C@H](O)[C@H](O)[C@H]7O)C(C)(C)[C@@H]6CC[C@]54C)(O[C@@H]2O)[C@@H]3CC1(C)C. The summed E-state index contributed by atoms with van der Waals surface area (Å²) in [6.45, 7) is 18.6. The molecule has 5 aliphatic heterocycles. The summed E-state index contributed by atoms with van der Waals surface area (Å²) in [4.78, 5) is 40.0. The highest BCUT2D eigenvalue weighted by Gasteiger charge is 2.86. The van der Waals surface area contributed by atoms with Gasteiger partial charge in [-0.2, -0.15) is 0 Å². The molecule has 0 aromatic rings. The fourth-order valence-electron chi connectivity index (χ4n) is 19.0. The van der Waals surface area contributed by atoms with Crippen LogP contribution in [0.2, 0.25) is 0 Å². The maximum Gasteiger partial charge on any atom is 0.335 e. The fraction of sp³-hybridized carbons (Fsp3) is 0.918. The Balaban J connectivity index is 0.972. The predicted molar refractivity (Wildman–Crippen MR) is 298 cm³/mol. The standard InChI is InChI=1S/C61H96O28/c1-12-23(2)49(77)88-46-47(80-25(4)64)61-30(19-55(46,5)6)60(89-54(61)78)18-14-29-57(9)16-15-32(56(7,8)28(57)13-17-58(29,10)59(60,11)20-31(61)65)83-53-45(87-51-40(73)37(70)34(67)26(21-62)81-51)42(41(74)43(85-53)48(75)76)84-52-44(38(71)35(68)27(22-63)82-52)86-50-39(72)36(69)33(66)24(3)79-50/h12,24,26-47,50-54,62-63,65-74,78H,13-22H2,1-11H3,(H,75,76)/b23-12-/t24-,26+,27+,28-,29+,30-,31+,32-,33-,34-,35-,36+,37-,38-,39+,40+,41-,42-,43-,44+,45+,46-,47-,50-,51-,52-,53+,54-,57-,58+,59-,60-,61+/m0/s1. The van der Waals surface area contributed by atoms with Crippen LogP contribution in [-0.4, -0.2) is 262 Å². The molecule has 508 valence electrons. The van der Waals surface area contributed by atoms with Gasteiger partial charge in [0.15, 0.2) is 43.7 Å². The van der Waals surface area contributed by atoms with Crippen molar-refractivity contribution in [1.29, 1.82) is 0 Å². The molecule has 0 unspecified atom stereocenters. The molecule has 0 aromatic carbocycles. The third-order valence-electron chi connectivity index (χ3n) is 24.0. The minimum atomic E-state index is -2.29. The van der Waals surface area contributed by atoms with Crippen LogP contribution in [-0.2, 0) is 66.5 Å². The molecule has 33 atom stereocenters. The van der Waals surface area contributed by atoms with Crippen LogP contribution in [0.5, 0.6) is 0 Å². The second kappa shape index (κ2) is 24.5. The molecule has 5 heterocycles. The molecular weight excluding hydrogens is 1180 g/mol. The van der Waals surface area contributed by atoms with Crippen LogP contribution in [0.3, 0.4) is 0 Å². The number of aliphatic hydroxyl groups is 13. The Labute approximate surface area is 516 Å². The lowest BCUT2D eigenvalue weighted by molar-refractivity contribution is -0.406. The molecule has 10 fully saturated rings. The maximum absolute atomic E-state index is 13.5. The molecule has 1 spiro atoms. The average Bonchev–Trinajstić information content (AvgIpc) is 1.58. The van der Waals surface area contributed by atoms with Crippen LogP contribution in [0.1, 0.15) is 128 Å². The number of carbonyl (C=O) groups excluding carboxylic acids is 2. The van der Waals surface area contributed by atoms with Gasteiger partial charge in [0.1, 0.15) is 91.6 Å². The molecule has 10 aliphatic rings. The van der Waals surface area contributed by atoms with E-state index in [1.54, 1.807) is 19.9 Å². The Morgan fingerprint density at radius 1 is 0.562 bits per heavy atom. The molecule has 28 nitrogen and oxygen atoms in total. The molecule has 28 heteroatoms. The number of rotatable bonds is 14. The van der Waals surface area contributed by atoms with Gasteiger partial charge in [-0.3, -0.25) is 4.79 Å². The van der Waals surface area contributed by atoms with Gasteiger partial charge in [0, 0.05) is 29.2 Å². The predicted octanol–water partition coefficient (Wildman–Crippen LogP) is -1.88. The van der Waals surface area contributed by atoms with Crippen LogP contribution < -0.4 is 0 Å².